The second kappa shape index (κ2) is 9.64. The van der Waals surface area contributed by atoms with Gasteiger partial charge in [-0.05, 0) is 18.1 Å². The molecule has 2 unspecified atom stereocenters. The molecule has 3 aliphatic rings. The van der Waals surface area contributed by atoms with E-state index in [4.69, 9.17) is 5.73 Å². The predicted octanol–water partition coefficient (Wildman–Crippen LogP) is -8.05. The van der Waals surface area contributed by atoms with Crippen LogP contribution in [0.3, 0.4) is 0 Å². The Hall–Kier alpha value is -2.01. The molecule has 2 N–H and O–H groups in total. The Bertz CT molecular complexity index is 1010. The quantitative estimate of drug-likeness (QED) is 0.245. The van der Waals surface area contributed by atoms with Crippen LogP contribution in [-0.4, -0.2) is 52.1 Å². The van der Waals surface area contributed by atoms with E-state index in [9.17, 15) is 24.3 Å². The first-order valence-corrected chi connectivity index (χ1v) is 9.29. The first-order valence-electron chi connectivity index (χ1n) is 9.29. The number of nitrogens with two attached hydrogens (primary N) is 1. The predicted molar refractivity (Wildman–Crippen MR) is 96.8 cm³/mol. The average Bonchev–Trinajstić information content (AvgIpc) is 3.02. The number of carbonyl (C=O) groups excluding carboxylic acids is 4. The summed E-state index contributed by atoms with van der Waals surface area (Å²) in [5.41, 5.74) is 6.24. The van der Waals surface area contributed by atoms with Gasteiger partial charge in [-0.3, -0.25) is 14.4 Å². The number of aromatic nitrogens is 1. The summed E-state index contributed by atoms with van der Waals surface area (Å²) in [6.07, 6.45) is 5.42. The number of β-lactam (4-membered cyclic amide) rings is 1. The van der Waals surface area contributed by atoms with E-state index in [1.54, 1.807) is 41.1 Å². The van der Waals surface area contributed by atoms with Gasteiger partial charge in [0.2, 0.25) is 18.1 Å². The number of amides is 3. The van der Waals surface area contributed by atoms with E-state index in [2.05, 4.69) is 0 Å². The first-order chi connectivity index (χ1) is 13.8. The van der Waals surface area contributed by atoms with E-state index < -0.39 is 17.9 Å². The fourth-order valence-corrected chi connectivity index (χ4v) is 4.57. The first kappa shape index (κ1) is 25.3. The zero-order valence-electron chi connectivity index (χ0n) is 17.2. The van der Waals surface area contributed by atoms with Crippen molar-refractivity contribution in [3.63, 3.8) is 0 Å². The van der Waals surface area contributed by atoms with Gasteiger partial charge in [0.1, 0.15) is 6.04 Å². The van der Waals surface area contributed by atoms with Crippen LogP contribution in [0.5, 0.6) is 0 Å². The average molecular weight is 499 g/mol. The molecular formula is C20H20BrN4NaO5. The monoisotopic (exact) mass is 498 g/mol. The number of primary amides is 1. The Labute approximate surface area is 211 Å². The van der Waals surface area contributed by atoms with Crippen molar-refractivity contribution in [2.75, 3.05) is 6.54 Å². The fraction of sp³-hybridized carbons (Fsp3) is 0.350. The van der Waals surface area contributed by atoms with E-state index in [-0.39, 0.29) is 82.6 Å². The third kappa shape index (κ3) is 4.34. The molecule has 11 heteroatoms. The minimum absolute atomic E-state index is 0. The van der Waals surface area contributed by atoms with E-state index >= 15 is 0 Å². The van der Waals surface area contributed by atoms with Crippen molar-refractivity contribution in [2.24, 2.45) is 11.7 Å². The van der Waals surface area contributed by atoms with Crippen molar-refractivity contribution in [3.8, 4) is 0 Å². The Balaban J connectivity index is 0.00000171. The number of carboxylic acids is 1. The Morgan fingerprint density at radius 2 is 2.00 bits per heavy atom. The van der Waals surface area contributed by atoms with Crippen LogP contribution in [0.4, 0.5) is 0 Å². The fourth-order valence-electron chi connectivity index (χ4n) is 4.57. The zero-order chi connectivity index (χ0) is 20.9. The van der Waals surface area contributed by atoms with Crippen LogP contribution >= 0.6 is 0 Å². The zero-order valence-corrected chi connectivity index (χ0v) is 20.7. The molecule has 3 aliphatic heterocycles. The Morgan fingerprint density at radius 3 is 2.61 bits per heavy atom. The summed E-state index contributed by atoms with van der Waals surface area (Å²) < 4.78 is 1.64. The van der Waals surface area contributed by atoms with Crippen molar-refractivity contribution >= 4 is 29.8 Å². The van der Waals surface area contributed by atoms with Crippen molar-refractivity contribution in [1.82, 2.24) is 9.80 Å². The van der Waals surface area contributed by atoms with Gasteiger partial charge < -0.3 is 42.4 Å². The normalized spacial score (nSPS) is 23.6. The van der Waals surface area contributed by atoms with E-state index in [1.807, 2.05) is 0 Å². The number of likely N-dealkylation sites (tertiary alicyclic amines) is 1. The standard InChI is InChI=1S/C20H20N4O5.BrH.Na/c1-11(25)23-9-13-8-12(17(20(28)29)24-16(13)18(23)19(24)27)5-6-14-4-2-3-7-22(14)10-15(21)26;;/h2-7,13,16,18H,8-10H2,1H3,(H2-,21,26,28,29);1H;/q;;+1/p-1/t13?,16-,18?;;/m1../s1. The van der Waals surface area contributed by atoms with Crippen molar-refractivity contribution < 1.29 is 75.4 Å². The summed E-state index contributed by atoms with van der Waals surface area (Å²) in [4.78, 5) is 50.3. The number of rotatable bonds is 5. The number of carbonyl (C=O) groups is 4. The van der Waals surface area contributed by atoms with Gasteiger partial charge in [-0.15, -0.1) is 0 Å². The molecule has 4 rings (SSSR count). The molecule has 0 aliphatic carbocycles. The second-order valence-electron chi connectivity index (χ2n) is 7.49. The number of aliphatic carboxylic acids is 1. The maximum atomic E-state index is 12.6. The number of carboxylic acid groups (broad SMARTS) is 1. The SMILES string of the molecule is CC(=O)N1CC2CC(/C=C/c3cccc[n+]3CC(N)=O)=C(C(=O)[O-])N3C(=O)C1[C@@H]23.[Br-].[Na+]. The van der Waals surface area contributed by atoms with Gasteiger partial charge >= 0.3 is 29.6 Å². The van der Waals surface area contributed by atoms with Crippen molar-refractivity contribution in [3.05, 3.63) is 47.4 Å². The maximum absolute atomic E-state index is 12.6. The van der Waals surface area contributed by atoms with Gasteiger partial charge in [0.05, 0.1) is 17.7 Å². The third-order valence-electron chi connectivity index (χ3n) is 5.74. The number of nitrogens with zero attached hydrogens (tertiary/aromatic N) is 3. The van der Waals surface area contributed by atoms with Crippen LogP contribution in [-0.2, 0) is 25.7 Å². The number of pyridine rings is 1. The molecule has 158 valence electrons. The minimum Gasteiger partial charge on any atom is -1.00 e. The maximum Gasteiger partial charge on any atom is 1.00 e. The molecule has 0 radical (unpaired) electrons. The van der Waals surface area contributed by atoms with Gasteiger partial charge in [0.15, 0.2) is 6.20 Å². The van der Waals surface area contributed by atoms with Crippen LogP contribution in [0.15, 0.2) is 41.7 Å². The van der Waals surface area contributed by atoms with Gasteiger partial charge in [0.25, 0.3) is 11.8 Å². The smallest absolute Gasteiger partial charge is 1.00 e. The van der Waals surface area contributed by atoms with Gasteiger partial charge in [-0.25, -0.2) is 0 Å². The number of allylic oxidation sites excluding steroid dienone is 2. The Kier molecular flexibility index (Phi) is 7.85. The molecule has 0 bridgehead atoms. The van der Waals surface area contributed by atoms with Gasteiger partial charge in [-0.1, -0.05) is 6.08 Å². The molecule has 2 fully saturated rings. The Morgan fingerprint density at radius 1 is 1.29 bits per heavy atom. The molecular weight excluding hydrogens is 479 g/mol. The summed E-state index contributed by atoms with van der Waals surface area (Å²) in [6, 6.07) is 4.41. The second-order valence-corrected chi connectivity index (χ2v) is 7.49. The summed E-state index contributed by atoms with van der Waals surface area (Å²) in [6.45, 7) is 1.81. The molecule has 0 saturated carbocycles. The molecule has 1 aromatic heterocycles. The van der Waals surface area contributed by atoms with Gasteiger partial charge in [-0.2, -0.15) is 4.57 Å². The van der Waals surface area contributed by atoms with E-state index in [0.29, 0.717) is 24.2 Å². The summed E-state index contributed by atoms with van der Waals surface area (Å²) >= 11 is 0. The van der Waals surface area contributed by atoms with Crippen LogP contribution in [0.25, 0.3) is 6.08 Å². The molecule has 2 saturated heterocycles. The summed E-state index contributed by atoms with van der Waals surface area (Å²) in [5, 5.41) is 11.8. The molecule has 1 aromatic rings. The molecule has 0 spiro atoms. The summed E-state index contributed by atoms with van der Waals surface area (Å²) in [5.74, 6) is -2.53. The van der Waals surface area contributed by atoms with Crippen LogP contribution in [0.2, 0.25) is 0 Å². The third-order valence-corrected chi connectivity index (χ3v) is 5.74. The molecule has 9 nitrogen and oxygen atoms in total. The number of halogens is 1. The topological polar surface area (TPSA) is 128 Å². The summed E-state index contributed by atoms with van der Waals surface area (Å²) in [7, 11) is 0. The number of hydrogen-bond acceptors (Lipinski definition) is 5. The molecule has 31 heavy (non-hydrogen) atoms. The van der Waals surface area contributed by atoms with Crippen molar-refractivity contribution in [1.29, 1.82) is 0 Å². The largest absolute Gasteiger partial charge is 1.00 e. The van der Waals surface area contributed by atoms with Crippen LogP contribution in [0.1, 0.15) is 19.0 Å². The molecule has 3 atom stereocenters. The van der Waals surface area contributed by atoms with Gasteiger partial charge in [0, 0.05) is 37.6 Å². The molecule has 4 heterocycles. The van der Waals surface area contributed by atoms with Crippen molar-refractivity contribution in [2.45, 2.75) is 32.0 Å². The number of hydrogen-bond donors (Lipinski definition) is 1. The minimum atomic E-state index is -1.42. The molecule has 0 aromatic carbocycles. The van der Waals surface area contributed by atoms with Crippen LogP contribution in [0, 0.1) is 5.92 Å². The van der Waals surface area contributed by atoms with Crippen LogP contribution < -0.4 is 61.9 Å². The van der Waals surface area contributed by atoms with E-state index in [1.165, 1.54) is 16.7 Å². The van der Waals surface area contributed by atoms with E-state index in [0.717, 1.165) is 0 Å². The molecule has 3 amide bonds.